The molecule has 3 rings (SSSR count). The van der Waals surface area contributed by atoms with Crippen LogP contribution < -0.4 is 5.09 Å². The van der Waals surface area contributed by atoms with E-state index in [-0.39, 0.29) is 50.6 Å². The second-order valence-electron chi connectivity index (χ2n) is 12.9. The van der Waals surface area contributed by atoms with Gasteiger partial charge in [0.2, 0.25) is 0 Å². The van der Waals surface area contributed by atoms with E-state index in [0.29, 0.717) is 25.7 Å². The van der Waals surface area contributed by atoms with Crippen molar-refractivity contribution in [2.24, 2.45) is 0 Å². The first-order valence-corrected chi connectivity index (χ1v) is 19.1. The van der Waals surface area contributed by atoms with Crippen LogP contribution in [0.3, 0.4) is 0 Å². The standard InChI is InChI=1S/C32H57N3O11P/c1-26(36)46-35(2,27-16-6-3-7-17-27)30(33)34-47(39,42-24-14-12-22-40-31(37)44-28-18-8-4-9-19-28)43-25-15-13-23-41-32(38)45-29-20-10-5-11-21-29/h27-29H,3-25H2,1-2H3,(H2,33,34,39)/q+1. The van der Waals surface area contributed by atoms with Gasteiger partial charge in [-0.3, -0.25) is 13.9 Å². The molecule has 0 amide bonds. The fourth-order valence-corrected chi connectivity index (χ4v) is 7.67. The number of quaternary nitrogens is 1. The summed E-state index contributed by atoms with van der Waals surface area (Å²) in [5.41, 5.74) is 0. The van der Waals surface area contributed by atoms with Gasteiger partial charge in [0.15, 0.2) is 0 Å². The van der Waals surface area contributed by atoms with Gasteiger partial charge >= 0.3 is 32.0 Å². The fraction of sp³-hybridized carbons (Fsp3) is 0.875. The number of nitrogens with zero attached hydrogens (tertiary/aromatic N) is 1. The van der Waals surface area contributed by atoms with Gasteiger partial charge in [-0.25, -0.2) is 29.4 Å². The molecule has 3 aliphatic rings. The highest BCUT2D eigenvalue weighted by molar-refractivity contribution is 7.52. The van der Waals surface area contributed by atoms with Crippen molar-refractivity contribution < 1.29 is 56.4 Å². The van der Waals surface area contributed by atoms with Crippen molar-refractivity contribution in [2.75, 3.05) is 33.5 Å². The Labute approximate surface area is 279 Å². The Morgan fingerprint density at radius 2 is 1.09 bits per heavy atom. The van der Waals surface area contributed by atoms with Crippen LogP contribution in [0.1, 0.15) is 129 Å². The summed E-state index contributed by atoms with van der Waals surface area (Å²) in [5.74, 6) is -0.872. The average Bonchev–Trinajstić information content (AvgIpc) is 3.05. The number of ether oxygens (including phenoxy) is 4. The lowest BCUT2D eigenvalue weighted by Gasteiger charge is -2.38. The Morgan fingerprint density at radius 3 is 1.51 bits per heavy atom. The Morgan fingerprint density at radius 1 is 0.681 bits per heavy atom. The zero-order valence-corrected chi connectivity index (χ0v) is 29.3. The Bertz CT molecular complexity index is 982. The van der Waals surface area contributed by atoms with Gasteiger partial charge < -0.3 is 18.9 Å². The van der Waals surface area contributed by atoms with Crippen LogP contribution in [0.5, 0.6) is 0 Å². The fourth-order valence-electron chi connectivity index (χ4n) is 6.27. The SMILES string of the molecule is CC(=O)O[N+](C)(C(=N)NP(=O)(OCCCCOC(=O)OC1CCCCC1)OCCCCOC(=O)OC1CCCCC1)C1CCCCC1. The monoisotopic (exact) mass is 690 g/mol. The highest BCUT2D eigenvalue weighted by Gasteiger charge is 2.46. The van der Waals surface area contributed by atoms with Crippen LogP contribution in [-0.4, -0.2) is 80.6 Å². The van der Waals surface area contributed by atoms with Crippen molar-refractivity contribution in [1.29, 1.82) is 5.41 Å². The molecule has 3 aliphatic carbocycles. The Hall–Kier alpha value is -2.41. The van der Waals surface area contributed by atoms with E-state index < -0.39 is 30.7 Å². The van der Waals surface area contributed by atoms with Crippen molar-refractivity contribution in [2.45, 2.75) is 147 Å². The predicted octanol–water partition coefficient (Wildman–Crippen LogP) is 7.44. The molecule has 14 nitrogen and oxygen atoms in total. The summed E-state index contributed by atoms with van der Waals surface area (Å²) in [7, 11) is -2.50. The summed E-state index contributed by atoms with van der Waals surface area (Å²) < 4.78 is 45.9. The molecule has 270 valence electrons. The van der Waals surface area contributed by atoms with Gasteiger partial charge in [-0.2, -0.15) is 0 Å². The number of carbonyl (C=O) groups is 3. The number of unbranched alkanes of at least 4 members (excludes halogenated alkanes) is 2. The first-order chi connectivity index (χ1) is 22.6. The summed E-state index contributed by atoms with van der Waals surface area (Å²) >= 11 is 0. The molecular formula is C32H57N3O11P+. The maximum absolute atomic E-state index is 13.9. The van der Waals surface area contributed by atoms with Crippen LogP contribution in [0.25, 0.3) is 0 Å². The normalized spacial score (nSPS) is 19.6. The third-order valence-electron chi connectivity index (χ3n) is 8.95. The lowest BCUT2D eigenvalue weighted by Crippen LogP contribution is -2.61. The molecule has 2 N–H and O–H groups in total. The van der Waals surface area contributed by atoms with Crippen molar-refractivity contribution in [3.63, 3.8) is 0 Å². The first kappa shape index (κ1) is 39.0. The van der Waals surface area contributed by atoms with Crippen molar-refractivity contribution in [3.05, 3.63) is 0 Å². The largest absolute Gasteiger partial charge is 0.508 e. The minimum Gasteiger partial charge on any atom is -0.434 e. The molecule has 3 fully saturated rings. The number of hydrogen-bond donors (Lipinski definition) is 2. The smallest absolute Gasteiger partial charge is 0.434 e. The molecule has 0 heterocycles. The van der Waals surface area contributed by atoms with Crippen molar-refractivity contribution in [3.8, 4) is 0 Å². The summed E-state index contributed by atoms with van der Waals surface area (Å²) in [6.45, 7) is 1.51. The molecule has 1 unspecified atom stereocenters. The minimum absolute atomic E-state index is 0.00455. The lowest BCUT2D eigenvalue weighted by atomic mass is 9.94. The molecule has 47 heavy (non-hydrogen) atoms. The van der Waals surface area contributed by atoms with Crippen LogP contribution in [0, 0.1) is 5.41 Å². The van der Waals surface area contributed by atoms with E-state index in [0.717, 1.165) is 96.3 Å². The highest BCUT2D eigenvalue weighted by Crippen LogP contribution is 2.45. The summed E-state index contributed by atoms with van der Waals surface area (Å²) in [6, 6.07) is -0.183. The van der Waals surface area contributed by atoms with Gasteiger partial charge in [0.25, 0.3) is 0 Å². The number of rotatable bonds is 16. The maximum Gasteiger partial charge on any atom is 0.508 e. The van der Waals surface area contributed by atoms with Crippen LogP contribution >= 0.6 is 7.75 Å². The second-order valence-corrected chi connectivity index (χ2v) is 14.6. The zero-order valence-electron chi connectivity index (χ0n) is 28.4. The zero-order chi connectivity index (χ0) is 34.0. The summed E-state index contributed by atoms with van der Waals surface area (Å²) in [5, 5.41) is 11.5. The number of hydrogen-bond acceptors (Lipinski definition) is 12. The molecule has 0 bridgehead atoms. The second kappa shape index (κ2) is 20.8. The van der Waals surface area contributed by atoms with Gasteiger partial charge in [0, 0.05) is 19.8 Å². The molecule has 0 aliphatic heterocycles. The third kappa shape index (κ3) is 14.7. The first-order valence-electron chi connectivity index (χ1n) is 17.6. The molecule has 0 aromatic carbocycles. The average molecular weight is 691 g/mol. The van der Waals surface area contributed by atoms with Crippen molar-refractivity contribution >= 4 is 32.0 Å². The highest BCUT2D eigenvalue weighted by atomic mass is 31.2. The number of nitrogens with one attached hydrogen (secondary N) is 2. The molecule has 0 aromatic rings. The van der Waals surface area contributed by atoms with Crippen LogP contribution in [-0.2, 0) is 42.2 Å². The number of hydroxylamine groups is 3. The van der Waals surface area contributed by atoms with E-state index in [4.69, 9.17) is 38.2 Å². The lowest BCUT2D eigenvalue weighted by molar-refractivity contribution is -1.02. The molecule has 0 radical (unpaired) electrons. The van der Waals surface area contributed by atoms with Crippen LogP contribution in [0.15, 0.2) is 0 Å². The van der Waals surface area contributed by atoms with Crippen LogP contribution in [0.2, 0.25) is 0 Å². The summed E-state index contributed by atoms with van der Waals surface area (Å²) in [6.07, 6.45) is 14.5. The molecule has 1 atom stereocenters. The van der Waals surface area contributed by atoms with E-state index in [2.05, 4.69) is 5.09 Å². The van der Waals surface area contributed by atoms with E-state index in [1.165, 1.54) is 6.92 Å². The Kier molecular flexibility index (Phi) is 17.3. The van der Waals surface area contributed by atoms with Crippen LogP contribution in [0.4, 0.5) is 9.59 Å². The summed E-state index contributed by atoms with van der Waals surface area (Å²) in [4.78, 5) is 41.7. The minimum atomic E-state index is -4.10. The molecule has 3 saturated carbocycles. The Balaban J connectivity index is 1.47. The van der Waals surface area contributed by atoms with Gasteiger partial charge in [0.05, 0.1) is 26.4 Å². The van der Waals surface area contributed by atoms with Crippen molar-refractivity contribution in [1.82, 2.24) is 5.09 Å². The molecule has 15 heteroatoms. The molecule has 0 saturated heterocycles. The van der Waals surface area contributed by atoms with Gasteiger partial charge in [-0.05, 0) is 89.9 Å². The van der Waals surface area contributed by atoms with E-state index in [1.807, 2.05) is 0 Å². The molecule has 0 aromatic heterocycles. The van der Waals surface area contributed by atoms with E-state index in [9.17, 15) is 18.9 Å². The van der Waals surface area contributed by atoms with Gasteiger partial charge in [-0.1, -0.05) is 23.9 Å². The molecular weight excluding hydrogens is 633 g/mol. The van der Waals surface area contributed by atoms with Gasteiger partial charge in [0.1, 0.15) is 25.3 Å². The number of guanidine groups is 1. The van der Waals surface area contributed by atoms with Gasteiger partial charge in [-0.15, -0.1) is 0 Å². The topological polar surface area (TPSA) is 169 Å². The van der Waals surface area contributed by atoms with E-state index >= 15 is 0 Å². The quantitative estimate of drug-likeness (QED) is 0.0313. The number of carbonyl (C=O) groups excluding carboxylic acids is 3. The predicted molar refractivity (Wildman–Crippen MR) is 172 cm³/mol. The third-order valence-corrected chi connectivity index (χ3v) is 10.5. The van der Waals surface area contributed by atoms with E-state index in [1.54, 1.807) is 7.05 Å². The molecule has 0 spiro atoms. The maximum atomic E-state index is 13.9.